The number of carbonyl (C=O) groups is 1. The third-order valence-electron chi connectivity index (χ3n) is 6.42. The minimum absolute atomic E-state index is 0.0635. The first-order chi connectivity index (χ1) is 15.3. The van der Waals surface area contributed by atoms with Gasteiger partial charge in [0.05, 0.1) is 19.8 Å². The second-order valence-corrected chi connectivity index (χ2v) is 9.23. The molecule has 0 aromatic heterocycles. The fourth-order valence-electron chi connectivity index (χ4n) is 4.61. The summed E-state index contributed by atoms with van der Waals surface area (Å²) in [5.41, 5.74) is 1.58. The zero-order chi connectivity index (χ0) is 23.3. The summed E-state index contributed by atoms with van der Waals surface area (Å²) in [5.74, 6) is 0.797. The van der Waals surface area contributed by atoms with Gasteiger partial charge >= 0.3 is 5.97 Å². The van der Waals surface area contributed by atoms with Crippen molar-refractivity contribution in [3.63, 3.8) is 0 Å². The van der Waals surface area contributed by atoms with Gasteiger partial charge in [-0.2, -0.15) is 0 Å². The number of ether oxygens (including phenoxy) is 4. The minimum atomic E-state index is -0.847. The van der Waals surface area contributed by atoms with Gasteiger partial charge in [0.25, 0.3) is 0 Å². The molecule has 6 nitrogen and oxygen atoms in total. The summed E-state index contributed by atoms with van der Waals surface area (Å²) in [4.78, 5) is 12.6. The van der Waals surface area contributed by atoms with Crippen LogP contribution in [0.4, 0.5) is 0 Å². The number of rotatable bonds is 9. The molecule has 1 saturated carbocycles. The van der Waals surface area contributed by atoms with Crippen LogP contribution in [0.3, 0.4) is 0 Å². The lowest BCUT2D eigenvalue weighted by Crippen LogP contribution is -2.57. The van der Waals surface area contributed by atoms with Gasteiger partial charge in [-0.25, -0.2) is 4.79 Å². The largest absolute Gasteiger partial charge is 0.497 e. The molecule has 2 fully saturated rings. The zero-order valence-corrected chi connectivity index (χ0v) is 19.7. The van der Waals surface area contributed by atoms with Crippen LogP contribution in [-0.2, 0) is 19.0 Å². The summed E-state index contributed by atoms with van der Waals surface area (Å²) >= 11 is 0. The molecule has 32 heavy (non-hydrogen) atoms. The third kappa shape index (κ3) is 5.80. The van der Waals surface area contributed by atoms with E-state index in [2.05, 4.69) is 26.8 Å². The average Bonchev–Trinajstić information content (AvgIpc) is 3.53. The summed E-state index contributed by atoms with van der Waals surface area (Å²) < 4.78 is 22.5. The van der Waals surface area contributed by atoms with Crippen molar-refractivity contribution in [2.75, 3.05) is 20.8 Å². The summed E-state index contributed by atoms with van der Waals surface area (Å²) in [6, 6.07) is 7.35. The Morgan fingerprint density at radius 3 is 2.50 bits per heavy atom. The first-order valence-corrected chi connectivity index (χ1v) is 11.3. The van der Waals surface area contributed by atoms with Crippen LogP contribution in [0.15, 0.2) is 42.0 Å². The highest BCUT2D eigenvalue weighted by molar-refractivity contribution is 5.87. The van der Waals surface area contributed by atoms with E-state index in [-0.39, 0.29) is 5.92 Å². The molecule has 1 saturated heterocycles. The lowest BCUT2D eigenvalue weighted by atomic mass is 9.70. The number of benzene rings is 1. The molecule has 1 aromatic carbocycles. The molecule has 1 N–H and O–H groups in total. The molecule has 176 valence electrons. The molecule has 2 aliphatic rings. The first-order valence-electron chi connectivity index (χ1n) is 11.3. The van der Waals surface area contributed by atoms with E-state index >= 15 is 0 Å². The SMILES string of the molecule is COc1ccc(/C=C/C(=O)OC2C(O)CC3(CO3)C(/C(C)=C/CCC(C)C)C2OC)cc1. The lowest BCUT2D eigenvalue weighted by Gasteiger charge is -2.43. The van der Waals surface area contributed by atoms with Crippen molar-refractivity contribution in [1.29, 1.82) is 0 Å². The normalized spacial score (nSPS) is 30.2. The monoisotopic (exact) mass is 444 g/mol. The van der Waals surface area contributed by atoms with Crippen molar-refractivity contribution >= 4 is 12.0 Å². The van der Waals surface area contributed by atoms with Crippen LogP contribution < -0.4 is 4.74 Å². The Labute approximate surface area is 191 Å². The number of aliphatic hydroxyl groups excluding tert-OH is 1. The molecule has 1 aliphatic carbocycles. The molecule has 0 amide bonds. The predicted molar refractivity (Wildman–Crippen MR) is 123 cm³/mol. The molecule has 0 bridgehead atoms. The zero-order valence-electron chi connectivity index (χ0n) is 19.7. The van der Waals surface area contributed by atoms with E-state index in [9.17, 15) is 9.90 Å². The van der Waals surface area contributed by atoms with E-state index in [1.807, 2.05) is 24.3 Å². The summed E-state index contributed by atoms with van der Waals surface area (Å²) in [7, 11) is 3.20. The fraction of sp³-hybridized carbons (Fsp3) is 0.577. The molecule has 3 rings (SSSR count). The van der Waals surface area contributed by atoms with E-state index in [0.29, 0.717) is 18.9 Å². The molecule has 1 aromatic rings. The van der Waals surface area contributed by atoms with Gasteiger partial charge < -0.3 is 24.1 Å². The number of hydrogen-bond donors (Lipinski definition) is 1. The van der Waals surface area contributed by atoms with Gasteiger partial charge in [0, 0.05) is 25.5 Å². The maximum atomic E-state index is 12.6. The van der Waals surface area contributed by atoms with Crippen LogP contribution in [0.25, 0.3) is 6.08 Å². The third-order valence-corrected chi connectivity index (χ3v) is 6.42. The van der Waals surface area contributed by atoms with Crippen molar-refractivity contribution < 1.29 is 28.8 Å². The van der Waals surface area contributed by atoms with Crippen LogP contribution in [0, 0.1) is 11.8 Å². The van der Waals surface area contributed by atoms with Crippen molar-refractivity contribution in [3.8, 4) is 5.75 Å². The van der Waals surface area contributed by atoms with E-state index < -0.39 is 29.9 Å². The average molecular weight is 445 g/mol. The Morgan fingerprint density at radius 1 is 1.25 bits per heavy atom. The Bertz CT molecular complexity index is 821. The van der Waals surface area contributed by atoms with Crippen LogP contribution in [0.5, 0.6) is 5.75 Å². The highest BCUT2D eigenvalue weighted by Gasteiger charge is 2.62. The molecular weight excluding hydrogens is 408 g/mol. The van der Waals surface area contributed by atoms with E-state index in [1.54, 1.807) is 20.3 Å². The van der Waals surface area contributed by atoms with E-state index in [1.165, 1.54) is 6.08 Å². The topological polar surface area (TPSA) is 77.5 Å². The Morgan fingerprint density at radius 2 is 1.94 bits per heavy atom. The number of methoxy groups -OCH3 is 2. The molecule has 5 unspecified atom stereocenters. The van der Waals surface area contributed by atoms with Gasteiger partial charge in [0.1, 0.15) is 17.5 Å². The van der Waals surface area contributed by atoms with Crippen molar-refractivity contribution in [3.05, 3.63) is 47.6 Å². The predicted octanol–water partition coefficient (Wildman–Crippen LogP) is 4.17. The van der Waals surface area contributed by atoms with Gasteiger partial charge in [0.2, 0.25) is 0 Å². The highest BCUT2D eigenvalue weighted by atomic mass is 16.6. The highest BCUT2D eigenvalue weighted by Crippen LogP contribution is 2.50. The molecule has 1 heterocycles. The number of carbonyl (C=O) groups excluding carboxylic acids is 1. The fourth-order valence-corrected chi connectivity index (χ4v) is 4.61. The van der Waals surface area contributed by atoms with Gasteiger partial charge in [-0.05, 0) is 49.5 Å². The maximum Gasteiger partial charge on any atom is 0.331 e. The minimum Gasteiger partial charge on any atom is -0.497 e. The molecule has 0 radical (unpaired) electrons. The van der Waals surface area contributed by atoms with Crippen molar-refractivity contribution in [2.45, 2.75) is 63.9 Å². The van der Waals surface area contributed by atoms with Crippen LogP contribution in [0.1, 0.15) is 45.6 Å². The first kappa shape index (κ1) is 24.5. The molecule has 5 atom stereocenters. The van der Waals surface area contributed by atoms with Crippen LogP contribution in [-0.4, -0.2) is 55.8 Å². The lowest BCUT2D eigenvalue weighted by molar-refractivity contribution is -0.179. The number of esters is 1. The van der Waals surface area contributed by atoms with Gasteiger partial charge in [-0.3, -0.25) is 0 Å². The quantitative estimate of drug-likeness (QED) is 0.267. The maximum absolute atomic E-state index is 12.6. The Hall–Kier alpha value is -2.15. The van der Waals surface area contributed by atoms with Gasteiger partial charge in [-0.1, -0.05) is 37.6 Å². The van der Waals surface area contributed by atoms with Gasteiger partial charge in [0.15, 0.2) is 6.10 Å². The molecular formula is C26H36O6. The standard InChI is InChI=1S/C26H36O6/c1-17(2)7-6-8-18(3)23-25(30-5)24(21(27)15-26(23)16-31-26)32-22(28)14-11-19-9-12-20(29-4)13-10-19/h8-14,17,21,23-25,27H,6-7,15-16H2,1-5H3/b14-11+,18-8+. The molecule has 1 spiro atoms. The van der Waals surface area contributed by atoms with E-state index in [4.69, 9.17) is 18.9 Å². The molecule has 6 heteroatoms. The summed E-state index contributed by atoms with van der Waals surface area (Å²) in [6.07, 6.45) is 5.71. The number of epoxide rings is 1. The second kappa shape index (κ2) is 10.6. The smallest absolute Gasteiger partial charge is 0.331 e. The Kier molecular flexibility index (Phi) is 8.15. The second-order valence-electron chi connectivity index (χ2n) is 9.23. The Balaban J connectivity index is 1.71. The summed E-state index contributed by atoms with van der Waals surface area (Å²) in [5, 5.41) is 10.8. The molecule has 1 aliphatic heterocycles. The number of aliphatic hydroxyl groups is 1. The van der Waals surface area contributed by atoms with Crippen molar-refractivity contribution in [1.82, 2.24) is 0 Å². The van der Waals surface area contributed by atoms with Crippen LogP contribution in [0.2, 0.25) is 0 Å². The van der Waals surface area contributed by atoms with Crippen LogP contribution >= 0.6 is 0 Å². The summed E-state index contributed by atoms with van der Waals surface area (Å²) in [6.45, 7) is 7.08. The number of allylic oxidation sites excluding steroid dienone is 1. The van der Waals surface area contributed by atoms with Crippen molar-refractivity contribution in [2.24, 2.45) is 11.8 Å². The number of hydrogen-bond acceptors (Lipinski definition) is 6. The van der Waals surface area contributed by atoms with Gasteiger partial charge in [-0.15, -0.1) is 0 Å². The van der Waals surface area contributed by atoms with E-state index in [0.717, 1.165) is 29.7 Å².